The van der Waals surface area contributed by atoms with Crippen LogP contribution in [-0.4, -0.2) is 42.5 Å². The first-order valence-corrected chi connectivity index (χ1v) is 13.5. The number of carboxylic acids is 1. The van der Waals surface area contributed by atoms with Crippen LogP contribution in [0.2, 0.25) is 0 Å². The Morgan fingerprint density at radius 2 is 1.82 bits per heavy atom. The van der Waals surface area contributed by atoms with E-state index in [9.17, 15) is 38.3 Å². The Bertz CT molecular complexity index is 2180. The zero-order valence-electron chi connectivity index (χ0n) is 23.1. The molecular formula is C29H23FN8O7. The molecule has 2 aromatic heterocycles. The molecule has 1 aliphatic carbocycles. The molecule has 0 spiro atoms. The molecule has 6 rings (SSSR count). The van der Waals surface area contributed by atoms with E-state index in [1.165, 1.54) is 30.3 Å². The molecule has 0 aliphatic heterocycles. The summed E-state index contributed by atoms with van der Waals surface area (Å²) in [6.07, 6.45) is 1.08. The lowest BCUT2D eigenvalue weighted by molar-refractivity contribution is 0.0696. The molecule has 0 bridgehead atoms. The van der Waals surface area contributed by atoms with Crippen molar-refractivity contribution in [2.45, 2.75) is 32.0 Å². The van der Waals surface area contributed by atoms with Gasteiger partial charge in [-0.3, -0.25) is 19.2 Å². The average molecular weight is 615 g/mol. The van der Waals surface area contributed by atoms with Gasteiger partial charge >= 0.3 is 11.7 Å². The number of carboxylic acid groups (broad SMARTS) is 1. The molecule has 0 saturated heterocycles. The number of hydrogen-bond acceptors (Lipinski definition) is 10. The Balaban J connectivity index is 1.18. The quantitative estimate of drug-likeness (QED) is 0.124. The van der Waals surface area contributed by atoms with Crippen molar-refractivity contribution in [2.75, 3.05) is 11.1 Å². The number of rotatable bonds is 9. The van der Waals surface area contributed by atoms with Gasteiger partial charge in [0.25, 0.3) is 28.4 Å². The zero-order valence-corrected chi connectivity index (χ0v) is 23.1. The maximum Gasteiger partial charge on any atom is 0.363 e. The van der Waals surface area contributed by atoms with E-state index in [1.54, 1.807) is 12.1 Å². The van der Waals surface area contributed by atoms with Gasteiger partial charge in [0.15, 0.2) is 0 Å². The number of aromatic carboxylic acids is 1. The highest BCUT2D eigenvalue weighted by Crippen LogP contribution is 2.32. The van der Waals surface area contributed by atoms with Crippen LogP contribution in [0.25, 0.3) is 5.78 Å². The van der Waals surface area contributed by atoms with Crippen molar-refractivity contribution in [3.63, 3.8) is 0 Å². The first kappa shape index (κ1) is 28.9. The van der Waals surface area contributed by atoms with E-state index in [1.807, 2.05) is 0 Å². The van der Waals surface area contributed by atoms with Crippen LogP contribution in [0.3, 0.4) is 0 Å². The fraction of sp³-hybridized carbons (Fsp3) is 0.172. The number of nitrogens with zero attached hydrogens (tertiary/aromatic N) is 3. The maximum absolute atomic E-state index is 14.4. The van der Waals surface area contributed by atoms with E-state index in [-0.39, 0.29) is 52.8 Å². The van der Waals surface area contributed by atoms with Gasteiger partial charge in [0.2, 0.25) is 0 Å². The molecule has 7 N–H and O–H groups in total. The third-order valence-corrected chi connectivity index (χ3v) is 7.55. The van der Waals surface area contributed by atoms with Crippen molar-refractivity contribution in [3.8, 4) is 0 Å². The molecule has 0 unspecified atom stereocenters. The predicted octanol–water partition coefficient (Wildman–Crippen LogP) is 0.393. The molecule has 15 nitrogen and oxygen atoms in total. The van der Waals surface area contributed by atoms with Crippen LogP contribution in [0.4, 0.5) is 15.8 Å². The Hall–Kier alpha value is -6.19. The van der Waals surface area contributed by atoms with Gasteiger partial charge in [0.1, 0.15) is 28.6 Å². The van der Waals surface area contributed by atoms with Gasteiger partial charge in [-0.2, -0.15) is 4.98 Å². The largest absolute Gasteiger partial charge is 0.478 e. The number of nitrogens with one attached hydrogen (secondary N) is 4. The highest BCUT2D eigenvalue weighted by atomic mass is 19.1. The van der Waals surface area contributed by atoms with E-state index in [0.29, 0.717) is 18.4 Å². The minimum absolute atomic E-state index is 0.0848. The number of H-pyrrole nitrogens is 1. The normalized spacial score (nSPS) is 13.9. The van der Waals surface area contributed by atoms with Gasteiger partial charge < -0.3 is 26.8 Å². The number of fused-ring (bicyclic) bond motifs is 2. The van der Waals surface area contributed by atoms with Crippen LogP contribution in [0.15, 0.2) is 56.8 Å². The van der Waals surface area contributed by atoms with Crippen LogP contribution >= 0.6 is 0 Å². The van der Waals surface area contributed by atoms with E-state index < -0.39 is 46.2 Å². The standard InChI is InChI=1S/C29H23FN8O7/c30-17-5-1-12(7-15(17)11-32-22-21(31)23(39)24(22)40)10-33-26(42)20-9-19(35-28-36-29(45)37-38(20)28)25(41)34-18-6-3-13-8-14(27(43)44)2-4-16(13)18/h1-2,4-5,7-9,18,32H,3,6,10-11,31H2,(H,33,42)(H,34,41)(H,37,45)(H,43,44)/t18-/m0/s1. The predicted molar refractivity (Wildman–Crippen MR) is 156 cm³/mol. The fourth-order valence-corrected chi connectivity index (χ4v) is 5.22. The third kappa shape index (κ3) is 5.39. The molecule has 0 radical (unpaired) electrons. The number of aromatic nitrogens is 4. The topological polar surface area (TPSA) is 231 Å². The summed E-state index contributed by atoms with van der Waals surface area (Å²) in [6.45, 7) is -0.232. The van der Waals surface area contributed by atoms with Crippen molar-refractivity contribution in [2.24, 2.45) is 0 Å². The molecule has 228 valence electrons. The lowest BCUT2D eigenvalue weighted by Crippen LogP contribution is -2.37. The summed E-state index contributed by atoms with van der Waals surface area (Å²) < 4.78 is 15.4. The highest BCUT2D eigenvalue weighted by Gasteiger charge is 2.27. The minimum Gasteiger partial charge on any atom is -0.478 e. The molecular weight excluding hydrogens is 591 g/mol. The number of carbonyl (C=O) groups is 3. The summed E-state index contributed by atoms with van der Waals surface area (Å²) in [5.74, 6) is -3.21. The molecule has 3 aromatic carbocycles. The average Bonchev–Trinajstić information content (AvgIpc) is 3.61. The van der Waals surface area contributed by atoms with Crippen LogP contribution in [0.5, 0.6) is 0 Å². The number of anilines is 2. The van der Waals surface area contributed by atoms with Gasteiger partial charge in [-0.1, -0.05) is 12.1 Å². The molecule has 1 aliphatic rings. The molecule has 16 heteroatoms. The number of nitrogen functional groups attached to an aromatic ring is 1. The first-order chi connectivity index (χ1) is 21.5. The lowest BCUT2D eigenvalue weighted by Gasteiger charge is -2.15. The lowest BCUT2D eigenvalue weighted by atomic mass is 10.0. The monoisotopic (exact) mass is 614 g/mol. The van der Waals surface area contributed by atoms with Gasteiger partial charge in [-0.25, -0.2) is 28.6 Å². The summed E-state index contributed by atoms with van der Waals surface area (Å²) in [6, 6.07) is 9.49. The van der Waals surface area contributed by atoms with Crippen molar-refractivity contribution < 1.29 is 23.9 Å². The van der Waals surface area contributed by atoms with Crippen LogP contribution in [0, 0.1) is 5.82 Å². The zero-order chi connectivity index (χ0) is 32.0. The van der Waals surface area contributed by atoms with Gasteiger partial charge in [-0.05, 0) is 53.8 Å². The third-order valence-electron chi connectivity index (χ3n) is 7.55. The molecule has 5 aromatic rings. The summed E-state index contributed by atoms with van der Waals surface area (Å²) in [5, 5.41) is 19.8. The summed E-state index contributed by atoms with van der Waals surface area (Å²) in [7, 11) is 0. The van der Waals surface area contributed by atoms with Gasteiger partial charge in [-0.15, -0.1) is 0 Å². The Labute approximate surface area is 250 Å². The van der Waals surface area contributed by atoms with Crippen LogP contribution < -0.4 is 38.2 Å². The van der Waals surface area contributed by atoms with Crippen molar-refractivity contribution in [3.05, 3.63) is 118 Å². The minimum atomic E-state index is -1.05. The smallest absolute Gasteiger partial charge is 0.363 e. The number of carbonyl (C=O) groups excluding carboxylic acids is 2. The second kappa shape index (κ2) is 11.1. The van der Waals surface area contributed by atoms with Gasteiger partial charge in [0, 0.05) is 24.7 Å². The van der Waals surface area contributed by atoms with E-state index in [4.69, 9.17) is 5.73 Å². The Kier molecular flexibility index (Phi) is 7.16. The number of hydrogen-bond donors (Lipinski definition) is 6. The molecule has 0 fully saturated rings. The highest BCUT2D eigenvalue weighted by molar-refractivity contribution is 5.98. The summed E-state index contributed by atoms with van der Waals surface area (Å²) in [5.41, 5.74) is 4.80. The number of nitrogens with two attached hydrogens (primary N) is 1. The number of benzene rings is 2. The van der Waals surface area contributed by atoms with E-state index in [2.05, 4.69) is 31.0 Å². The molecule has 2 amide bonds. The second-order valence-electron chi connectivity index (χ2n) is 10.4. The molecule has 2 heterocycles. The van der Waals surface area contributed by atoms with E-state index >= 15 is 0 Å². The molecule has 45 heavy (non-hydrogen) atoms. The number of halogens is 1. The van der Waals surface area contributed by atoms with E-state index in [0.717, 1.165) is 15.6 Å². The van der Waals surface area contributed by atoms with Crippen LogP contribution in [0.1, 0.15) is 66.1 Å². The molecule has 1 atom stereocenters. The Morgan fingerprint density at radius 3 is 2.58 bits per heavy atom. The second-order valence-corrected chi connectivity index (χ2v) is 10.4. The summed E-state index contributed by atoms with van der Waals surface area (Å²) in [4.78, 5) is 80.5. The van der Waals surface area contributed by atoms with Crippen molar-refractivity contribution >= 4 is 34.9 Å². The maximum atomic E-state index is 14.4. The fourth-order valence-electron chi connectivity index (χ4n) is 5.22. The SMILES string of the molecule is Nc1c(NCc2cc(CNC(=O)c3cc(C(=O)N[C@H]4CCc5cc(C(=O)O)ccc54)nc4nc(=O)[nH]n34)ccc2F)c(=O)c1=O. The number of aryl methyl sites for hydroxylation is 1. The first-order valence-electron chi connectivity index (χ1n) is 13.5. The Morgan fingerprint density at radius 1 is 1.02 bits per heavy atom. The number of amides is 2. The number of aromatic amines is 1. The van der Waals surface area contributed by atoms with Gasteiger partial charge in [0.05, 0.1) is 11.6 Å². The van der Waals surface area contributed by atoms with Crippen molar-refractivity contribution in [1.29, 1.82) is 0 Å². The summed E-state index contributed by atoms with van der Waals surface area (Å²) >= 11 is 0. The van der Waals surface area contributed by atoms with Crippen molar-refractivity contribution in [1.82, 2.24) is 30.2 Å². The molecule has 0 saturated carbocycles. The van der Waals surface area contributed by atoms with Crippen LogP contribution in [-0.2, 0) is 19.5 Å².